The van der Waals surface area contributed by atoms with Gasteiger partial charge in [0, 0.05) is 49.8 Å². The highest BCUT2D eigenvalue weighted by atomic mass is 32.2. The number of carbonyl (C=O) groups excluding carboxylic acids is 1. The van der Waals surface area contributed by atoms with E-state index in [4.69, 9.17) is 4.98 Å². The molecule has 2 atom stereocenters. The normalized spacial score (nSPS) is 17.8. The van der Waals surface area contributed by atoms with Gasteiger partial charge in [0.2, 0.25) is 5.91 Å². The molecule has 0 radical (unpaired) electrons. The molecule has 1 aliphatic rings. The van der Waals surface area contributed by atoms with Gasteiger partial charge in [-0.1, -0.05) is 45.1 Å². The van der Waals surface area contributed by atoms with Crippen LogP contribution in [0.1, 0.15) is 52.4 Å². The molecule has 1 N–H and O–H groups in total. The highest BCUT2D eigenvalue weighted by molar-refractivity contribution is 8.00. The van der Waals surface area contributed by atoms with Crippen LogP contribution in [0.5, 0.6) is 0 Å². The summed E-state index contributed by atoms with van der Waals surface area (Å²) in [6, 6.07) is 12.9. The van der Waals surface area contributed by atoms with E-state index in [0.29, 0.717) is 23.0 Å². The molecule has 42 heavy (non-hydrogen) atoms. The monoisotopic (exact) mass is 606 g/mol. The van der Waals surface area contributed by atoms with Crippen LogP contribution in [0, 0.1) is 0 Å². The molecular formula is C32H42N6O2S2. The SMILES string of the molecule is C=S(=O)(c1cccs1)N1CCN(CCCCCCCC)C[C@H]1C(=O)Nc1ccc2c(c1)nc(-c1ccncc1)n2CC. The number of unbranched alkanes of at least 4 members (excludes halogenated alkanes) is 5. The van der Waals surface area contributed by atoms with Gasteiger partial charge in [0.1, 0.15) is 11.9 Å². The van der Waals surface area contributed by atoms with Crippen LogP contribution in [0.25, 0.3) is 22.4 Å². The number of pyridine rings is 1. The Morgan fingerprint density at radius 2 is 1.86 bits per heavy atom. The molecule has 8 nitrogen and oxygen atoms in total. The van der Waals surface area contributed by atoms with Crippen molar-refractivity contribution in [3.8, 4) is 11.4 Å². The Morgan fingerprint density at radius 3 is 2.60 bits per heavy atom. The number of nitrogens with one attached hydrogen (secondary N) is 1. The molecule has 1 fully saturated rings. The maximum absolute atomic E-state index is 14.0. The Kier molecular flexibility index (Phi) is 10.1. The summed E-state index contributed by atoms with van der Waals surface area (Å²) < 4.78 is 18.7. The minimum absolute atomic E-state index is 0.167. The smallest absolute Gasteiger partial charge is 0.244 e. The number of benzene rings is 1. The van der Waals surface area contributed by atoms with E-state index in [9.17, 15) is 9.00 Å². The van der Waals surface area contributed by atoms with Crippen molar-refractivity contribution < 1.29 is 9.00 Å². The van der Waals surface area contributed by atoms with Crippen LogP contribution in [0.3, 0.4) is 0 Å². The number of rotatable bonds is 13. The summed E-state index contributed by atoms with van der Waals surface area (Å²) >= 11 is 1.43. The van der Waals surface area contributed by atoms with Crippen molar-refractivity contribution in [1.82, 2.24) is 23.7 Å². The number of hydrogen-bond donors (Lipinski definition) is 1. The van der Waals surface area contributed by atoms with E-state index in [2.05, 4.69) is 39.5 Å². The first-order chi connectivity index (χ1) is 20.4. The van der Waals surface area contributed by atoms with Gasteiger partial charge >= 0.3 is 0 Å². The number of nitrogens with zero attached hydrogens (tertiary/aromatic N) is 5. The minimum atomic E-state index is -2.79. The van der Waals surface area contributed by atoms with Crippen LogP contribution >= 0.6 is 11.3 Å². The quantitative estimate of drug-likeness (QED) is 0.146. The van der Waals surface area contributed by atoms with Gasteiger partial charge in [-0.2, -0.15) is 0 Å². The summed E-state index contributed by atoms with van der Waals surface area (Å²) in [5.74, 6) is 4.85. The van der Waals surface area contributed by atoms with Crippen molar-refractivity contribution in [1.29, 1.82) is 0 Å². The number of fused-ring (bicyclic) bond motifs is 1. The molecule has 1 unspecified atom stereocenters. The van der Waals surface area contributed by atoms with Crippen LogP contribution in [0.4, 0.5) is 5.69 Å². The first-order valence-electron chi connectivity index (χ1n) is 15.0. The molecule has 4 heterocycles. The number of amides is 1. The molecule has 5 rings (SSSR count). The van der Waals surface area contributed by atoms with E-state index in [1.807, 2.05) is 52.1 Å². The molecule has 10 heteroatoms. The van der Waals surface area contributed by atoms with Crippen molar-refractivity contribution in [2.24, 2.45) is 0 Å². The topological polar surface area (TPSA) is 83.4 Å². The highest BCUT2D eigenvalue weighted by Gasteiger charge is 2.37. The summed E-state index contributed by atoms with van der Waals surface area (Å²) in [5, 5.41) is 5.04. The van der Waals surface area contributed by atoms with E-state index < -0.39 is 15.7 Å². The molecule has 0 spiro atoms. The fraction of sp³-hybridized carbons (Fsp3) is 0.438. The van der Waals surface area contributed by atoms with Gasteiger partial charge in [0.15, 0.2) is 0 Å². The third kappa shape index (κ3) is 6.78. The fourth-order valence-electron chi connectivity index (χ4n) is 5.74. The third-order valence-corrected chi connectivity index (χ3v) is 11.7. The Bertz CT molecular complexity index is 1570. The summed E-state index contributed by atoms with van der Waals surface area (Å²) in [6.45, 7) is 7.87. The van der Waals surface area contributed by atoms with Crippen LogP contribution in [0.2, 0.25) is 0 Å². The standard InChI is InChI=1S/C32H42N6O2S2/c1-4-6-7-8-9-10-19-36-20-21-38(42(3,40)30-12-11-22-41-30)29(24-36)32(39)34-26-13-14-28-27(23-26)35-31(37(28)5-2)25-15-17-33-18-16-25/h11-18,22-23,29H,3-10,19-21,24H2,1-2H3,(H,34,39)/t29-,42?/m0/s1. The van der Waals surface area contributed by atoms with Crippen molar-refractivity contribution in [3.05, 3.63) is 60.2 Å². The number of carbonyl (C=O) groups is 1. The molecule has 3 aromatic heterocycles. The number of piperazine rings is 1. The lowest BCUT2D eigenvalue weighted by Crippen LogP contribution is -2.59. The first-order valence-corrected chi connectivity index (χ1v) is 17.6. The van der Waals surface area contributed by atoms with E-state index in [0.717, 1.165) is 48.5 Å². The molecule has 0 aliphatic carbocycles. The van der Waals surface area contributed by atoms with Gasteiger partial charge < -0.3 is 9.88 Å². The predicted molar refractivity (Wildman–Crippen MR) is 175 cm³/mol. The summed E-state index contributed by atoms with van der Waals surface area (Å²) in [4.78, 5) is 25.3. The lowest BCUT2D eigenvalue weighted by molar-refractivity contribution is -0.121. The van der Waals surface area contributed by atoms with E-state index in [1.165, 1.54) is 43.4 Å². The molecule has 0 bridgehead atoms. The zero-order valence-electron chi connectivity index (χ0n) is 24.7. The molecule has 224 valence electrons. The van der Waals surface area contributed by atoms with Gasteiger partial charge in [-0.3, -0.25) is 14.7 Å². The summed E-state index contributed by atoms with van der Waals surface area (Å²) in [7, 11) is -2.79. The second kappa shape index (κ2) is 13.9. The lowest BCUT2D eigenvalue weighted by atomic mass is 10.1. The third-order valence-electron chi connectivity index (χ3n) is 8.00. The predicted octanol–water partition coefficient (Wildman–Crippen LogP) is 6.16. The highest BCUT2D eigenvalue weighted by Crippen LogP contribution is 2.29. The number of aryl methyl sites for hydroxylation is 1. The zero-order valence-corrected chi connectivity index (χ0v) is 26.3. The second-order valence-corrected chi connectivity index (χ2v) is 14.3. The van der Waals surface area contributed by atoms with Gasteiger partial charge in [0.25, 0.3) is 0 Å². The number of thiophene rings is 1. The van der Waals surface area contributed by atoms with Crippen molar-refractivity contribution >= 4 is 49.5 Å². The average molecular weight is 607 g/mol. The largest absolute Gasteiger partial charge is 0.325 e. The number of anilines is 1. The van der Waals surface area contributed by atoms with Crippen molar-refractivity contribution in [3.63, 3.8) is 0 Å². The molecule has 1 aliphatic heterocycles. The molecule has 1 saturated heterocycles. The number of aromatic nitrogens is 3. The first kappa shape index (κ1) is 30.4. The summed E-state index contributed by atoms with van der Waals surface area (Å²) in [5.41, 5.74) is 3.49. The van der Waals surface area contributed by atoms with Gasteiger partial charge in [-0.25, -0.2) is 13.5 Å². The van der Waals surface area contributed by atoms with Crippen molar-refractivity contribution in [2.45, 2.75) is 69.2 Å². The van der Waals surface area contributed by atoms with Gasteiger partial charge in [0.05, 0.1) is 25.0 Å². The van der Waals surface area contributed by atoms with Gasteiger partial charge in [-0.15, -0.1) is 11.3 Å². The zero-order chi connectivity index (χ0) is 29.5. The number of hydrogen-bond acceptors (Lipinski definition) is 6. The van der Waals surface area contributed by atoms with E-state index in [-0.39, 0.29) is 5.91 Å². The second-order valence-electron chi connectivity index (χ2n) is 10.9. The van der Waals surface area contributed by atoms with Crippen LogP contribution in [0.15, 0.2) is 64.4 Å². The Labute approximate surface area is 253 Å². The fourth-order valence-corrected chi connectivity index (χ4v) is 8.72. The lowest BCUT2D eigenvalue weighted by Gasteiger charge is -2.41. The molecule has 1 amide bonds. The maximum atomic E-state index is 14.0. The molecule has 0 saturated carbocycles. The Balaban J connectivity index is 1.35. The molecule has 1 aromatic carbocycles. The Hall–Kier alpha value is -3.05. The molecule has 4 aromatic rings. The van der Waals surface area contributed by atoms with E-state index >= 15 is 0 Å². The Morgan fingerprint density at radius 1 is 1.07 bits per heavy atom. The van der Waals surface area contributed by atoms with Crippen molar-refractivity contribution in [2.75, 3.05) is 31.5 Å². The average Bonchev–Trinajstić information content (AvgIpc) is 3.68. The minimum Gasteiger partial charge on any atom is -0.325 e. The number of imidazole rings is 1. The summed E-state index contributed by atoms with van der Waals surface area (Å²) in [6.07, 6.45) is 10.9. The van der Waals surface area contributed by atoms with E-state index in [1.54, 1.807) is 12.4 Å². The van der Waals surface area contributed by atoms with Gasteiger partial charge in [-0.05, 0) is 67.5 Å². The maximum Gasteiger partial charge on any atom is 0.244 e. The van der Waals surface area contributed by atoms with Crippen LogP contribution < -0.4 is 5.32 Å². The molecular weight excluding hydrogens is 565 g/mol. The van der Waals surface area contributed by atoms with Crippen LogP contribution in [-0.2, 0) is 21.0 Å². The van der Waals surface area contributed by atoms with Crippen LogP contribution in [-0.4, -0.2) is 71.9 Å².